The molecule has 20 nitrogen and oxygen atoms in total. The van der Waals surface area contributed by atoms with Crippen molar-refractivity contribution in [2.24, 2.45) is 34.5 Å². The summed E-state index contributed by atoms with van der Waals surface area (Å²) in [6.45, 7) is 10.3. The van der Waals surface area contributed by atoms with Crippen LogP contribution in [0.2, 0.25) is 0 Å². The molecular formula is C49H76O20. The summed E-state index contributed by atoms with van der Waals surface area (Å²) in [6, 6.07) is 0. The Bertz CT molecular complexity index is 1850. The minimum atomic E-state index is -1.69. The third-order valence-corrected chi connectivity index (χ3v) is 18.4. The second-order valence-electron chi connectivity index (χ2n) is 22.2. The minimum Gasteiger partial charge on any atom is -0.459 e. The van der Waals surface area contributed by atoms with Crippen LogP contribution >= 0.6 is 0 Å². The van der Waals surface area contributed by atoms with Crippen molar-refractivity contribution < 1.29 is 97.8 Å². The van der Waals surface area contributed by atoms with Crippen molar-refractivity contribution in [1.29, 1.82) is 0 Å². The fourth-order valence-corrected chi connectivity index (χ4v) is 14.6. The largest absolute Gasteiger partial charge is 0.459 e. The van der Waals surface area contributed by atoms with E-state index >= 15 is 0 Å². The van der Waals surface area contributed by atoms with Gasteiger partial charge in [0.25, 0.3) is 0 Å². The molecule has 69 heavy (non-hydrogen) atoms. The lowest BCUT2D eigenvalue weighted by Crippen LogP contribution is -2.67. The van der Waals surface area contributed by atoms with Gasteiger partial charge in [-0.3, -0.25) is 4.79 Å². The van der Waals surface area contributed by atoms with Gasteiger partial charge in [0.15, 0.2) is 25.2 Å². The monoisotopic (exact) mass is 984 g/mol. The number of aliphatic hydroxyl groups excluding tert-OH is 7. The normalized spacial score (nSPS) is 53.3. The van der Waals surface area contributed by atoms with E-state index in [1.54, 1.807) is 26.8 Å². The Morgan fingerprint density at radius 2 is 1.33 bits per heavy atom. The summed E-state index contributed by atoms with van der Waals surface area (Å²) in [5, 5.41) is 88.1. The third-order valence-electron chi connectivity index (χ3n) is 18.4. The number of cyclic esters (lactones) is 1. The summed E-state index contributed by atoms with van der Waals surface area (Å²) in [4.78, 5) is 24.2. The van der Waals surface area contributed by atoms with Crippen LogP contribution in [0.15, 0.2) is 11.6 Å². The molecule has 0 unspecified atom stereocenters. The predicted octanol–water partition coefficient (Wildman–Crippen LogP) is 0.613. The van der Waals surface area contributed by atoms with Crippen molar-refractivity contribution in [2.45, 2.75) is 234 Å². The standard InChI is InChI=1S/C49H76O20/c1-21-43(67-38-17-32(53)44(22(2)62-38)68-39-18-33(64-24(4)51)45(23(3)63-39)69-46-42(58)41(57)40(56)34(19-50)66-46)31(52)16-37(61-21)65-27-9-11-47(5)26(14-27)7-8-29-30(47)15-35(54)48(6)28(10-12-49(29,48)59)25-13-36(55)60-20-25/h13,21-23,26-35,37-46,50,52-54,56-59H,7-12,14-20H2,1-6H3/t21-,22-,23-,26-,27-,28-,29+,30+,31-,32-,33-,34+,35-,37-,38-,39+,40+,41-,42+,43+,44+,45-,46-,47+,48+,49+/m1/s1. The van der Waals surface area contributed by atoms with Crippen LogP contribution in [0.25, 0.3) is 0 Å². The highest BCUT2D eigenvalue weighted by Gasteiger charge is 2.71. The van der Waals surface area contributed by atoms with Gasteiger partial charge in [0, 0.05) is 37.7 Å². The van der Waals surface area contributed by atoms with E-state index in [2.05, 4.69) is 6.92 Å². The highest BCUT2D eigenvalue weighted by Crippen LogP contribution is 2.70. The van der Waals surface area contributed by atoms with Crippen molar-refractivity contribution in [2.75, 3.05) is 13.2 Å². The average molecular weight is 985 g/mol. The Kier molecular flexibility index (Phi) is 15.1. The van der Waals surface area contributed by atoms with Crippen LogP contribution in [0.1, 0.15) is 112 Å². The number of ether oxygens (including phenoxy) is 10. The van der Waals surface area contributed by atoms with Crippen molar-refractivity contribution in [3.05, 3.63) is 11.6 Å². The maximum atomic E-state index is 12.6. The second kappa shape index (κ2) is 20.0. The zero-order valence-electron chi connectivity index (χ0n) is 40.5. The van der Waals surface area contributed by atoms with E-state index in [4.69, 9.17) is 47.4 Å². The van der Waals surface area contributed by atoms with E-state index in [-0.39, 0.29) is 61.1 Å². The van der Waals surface area contributed by atoms with Crippen LogP contribution in [-0.4, -0.2) is 188 Å². The molecule has 0 amide bonds. The van der Waals surface area contributed by atoms with Crippen molar-refractivity contribution in [3.8, 4) is 0 Å². The lowest BCUT2D eigenvalue weighted by atomic mass is 9.42. The number of fused-ring (bicyclic) bond motifs is 5. The van der Waals surface area contributed by atoms with Gasteiger partial charge in [0.1, 0.15) is 55.4 Å². The van der Waals surface area contributed by atoms with Gasteiger partial charge in [0.2, 0.25) is 0 Å². The van der Waals surface area contributed by atoms with Crippen molar-refractivity contribution in [1.82, 2.24) is 0 Å². The van der Waals surface area contributed by atoms with Gasteiger partial charge in [-0.25, -0.2) is 4.79 Å². The first-order chi connectivity index (χ1) is 32.6. The molecule has 0 aromatic carbocycles. The molecular weight excluding hydrogens is 909 g/mol. The Morgan fingerprint density at radius 1 is 0.710 bits per heavy atom. The van der Waals surface area contributed by atoms with Crippen LogP contribution in [-0.2, 0) is 57.0 Å². The van der Waals surface area contributed by atoms with Gasteiger partial charge < -0.3 is 88.2 Å². The molecule has 0 aromatic heterocycles. The molecule has 4 saturated heterocycles. The Hall–Kier alpha value is -1.96. The molecule has 4 aliphatic carbocycles. The summed E-state index contributed by atoms with van der Waals surface area (Å²) in [7, 11) is 0. The van der Waals surface area contributed by atoms with E-state index in [9.17, 15) is 50.4 Å². The molecule has 0 radical (unpaired) electrons. The van der Waals surface area contributed by atoms with Gasteiger partial charge in [-0.15, -0.1) is 0 Å². The first kappa shape index (κ1) is 51.9. The highest BCUT2D eigenvalue weighted by molar-refractivity contribution is 5.85. The summed E-state index contributed by atoms with van der Waals surface area (Å²) in [6.07, 6.45) is -11.1. The zero-order chi connectivity index (χ0) is 49.5. The predicted molar refractivity (Wildman–Crippen MR) is 235 cm³/mol. The van der Waals surface area contributed by atoms with Gasteiger partial charge >= 0.3 is 11.9 Å². The molecule has 9 rings (SSSR count). The SMILES string of the molecule is CC(=O)O[C@@H]1C[C@H](O[C@@H]2[C@H](O)C[C@@H](O[C@@H]3[C@H](O)C[C@@H](O[C@@H]4CC[C@@]5(C)[C@H](CC[C@H]6[C@@H]5C[C@@H](O)[C@]5(C)[C@@H](C7=CC(=O)OC7)CC[C@]65O)C4)O[C@@H]3C)O[C@@H]2C)O[C@H](C)[C@H]1O[C@H]1O[C@@H](CO)[C@H](O)[C@@H](O)[C@@H]1O. The lowest BCUT2D eigenvalue weighted by Gasteiger charge is -2.65. The fourth-order valence-electron chi connectivity index (χ4n) is 14.6. The van der Waals surface area contributed by atoms with E-state index in [0.29, 0.717) is 25.2 Å². The Balaban J connectivity index is 0.752. The third kappa shape index (κ3) is 9.48. The number of carbonyl (C=O) groups is 2. The van der Waals surface area contributed by atoms with Crippen LogP contribution in [0.4, 0.5) is 0 Å². The zero-order valence-corrected chi connectivity index (χ0v) is 40.5. The maximum Gasteiger partial charge on any atom is 0.331 e. The minimum absolute atomic E-state index is 0.00421. The number of hydrogen-bond donors (Lipinski definition) is 8. The van der Waals surface area contributed by atoms with E-state index < -0.39 is 134 Å². The van der Waals surface area contributed by atoms with Gasteiger partial charge in [0.05, 0.1) is 54.9 Å². The Labute approximate surface area is 402 Å². The van der Waals surface area contributed by atoms with Crippen LogP contribution in [0.3, 0.4) is 0 Å². The fraction of sp³-hybridized carbons (Fsp3) is 0.918. The molecule has 4 saturated carbocycles. The van der Waals surface area contributed by atoms with E-state index in [1.807, 2.05) is 6.92 Å². The summed E-state index contributed by atoms with van der Waals surface area (Å²) < 4.78 is 60.1. The number of hydrogen-bond acceptors (Lipinski definition) is 20. The maximum absolute atomic E-state index is 12.6. The quantitative estimate of drug-likeness (QED) is 0.104. The summed E-state index contributed by atoms with van der Waals surface area (Å²) in [5.74, 6) is -0.580. The van der Waals surface area contributed by atoms with Crippen molar-refractivity contribution in [3.63, 3.8) is 0 Å². The number of carbonyl (C=O) groups excluding carboxylic acids is 2. The molecule has 20 heteroatoms. The summed E-state index contributed by atoms with van der Waals surface area (Å²) >= 11 is 0. The van der Waals surface area contributed by atoms with Gasteiger partial charge in [-0.2, -0.15) is 0 Å². The van der Waals surface area contributed by atoms with Crippen LogP contribution in [0.5, 0.6) is 0 Å². The number of aliphatic hydroxyl groups is 8. The Morgan fingerprint density at radius 3 is 1.93 bits per heavy atom. The van der Waals surface area contributed by atoms with Crippen LogP contribution < -0.4 is 0 Å². The molecule has 5 aliphatic heterocycles. The molecule has 9 aliphatic rings. The topological polar surface area (TPSA) is 288 Å². The van der Waals surface area contributed by atoms with Crippen molar-refractivity contribution >= 4 is 11.9 Å². The molecule has 8 fully saturated rings. The molecule has 8 N–H and O–H groups in total. The molecule has 26 atom stereocenters. The second-order valence-corrected chi connectivity index (χ2v) is 22.2. The molecule has 392 valence electrons. The molecule has 0 bridgehead atoms. The number of rotatable bonds is 11. The van der Waals surface area contributed by atoms with E-state index in [0.717, 1.165) is 37.7 Å². The van der Waals surface area contributed by atoms with Gasteiger partial charge in [-0.1, -0.05) is 13.8 Å². The smallest absolute Gasteiger partial charge is 0.331 e. The number of esters is 2. The van der Waals surface area contributed by atoms with Gasteiger partial charge in [-0.05, 0) is 107 Å². The highest BCUT2D eigenvalue weighted by atomic mass is 16.8. The summed E-state index contributed by atoms with van der Waals surface area (Å²) in [5.41, 5.74) is -1.01. The first-order valence-electron chi connectivity index (χ1n) is 25.3. The molecule has 0 spiro atoms. The lowest BCUT2D eigenvalue weighted by molar-refractivity contribution is -0.355. The average Bonchev–Trinajstić information content (AvgIpc) is 3.84. The molecule has 5 heterocycles. The molecule has 0 aromatic rings. The first-order valence-corrected chi connectivity index (χ1v) is 25.3. The van der Waals surface area contributed by atoms with E-state index in [1.165, 1.54) is 6.92 Å². The van der Waals surface area contributed by atoms with Crippen LogP contribution in [0, 0.1) is 34.5 Å².